The third kappa shape index (κ3) is 4.03. The number of nitrogens with one attached hydrogen (secondary N) is 1. The van der Waals surface area contributed by atoms with Gasteiger partial charge in [0.15, 0.2) is 0 Å². The lowest BCUT2D eigenvalue weighted by atomic mass is 10.2. The minimum Gasteiger partial charge on any atom is -0.379 e. The number of hydrogen-bond donors (Lipinski definition) is 1. The summed E-state index contributed by atoms with van der Waals surface area (Å²) in [6.45, 7) is 0.698. The van der Waals surface area contributed by atoms with Crippen molar-refractivity contribution < 1.29 is 4.21 Å². The van der Waals surface area contributed by atoms with Crippen LogP contribution in [0.2, 0.25) is 0 Å². The van der Waals surface area contributed by atoms with Gasteiger partial charge >= 0.3 is 0 Å². The largest absolute Gasteiger partial charge is 0.379 e. The number of rotatable bonds is 5. The summed E-state index contributed by atoms with van der Waals surface area (Å²) in [5.41, 5.74) is 2.78. The SMILES string of the molecule is CS(=O)(=Nc1ccccc1NCc1ccccc1)c1ccccc1. The zero-order valence-electron chi connectivity index (χ0n) is 13.6. The van der Waals surface area contributed by atoms with Gasteiger partial charge in [-0.1, -0.05) is 60.7 Å². The Morgan fingerprint density at radius 2 is 1.42 bits per heavy atom. The van der Waals surface area contributed by atoms with Crippen LogP contribution in [0.15, 0.2) is 94.2 Å². The summed E-state index contributed by atoms with van der Waals surface area (Å²) < 4.78 is 17.5. The highest BCUT2D eigenvalue weighted by Crippen LogP contribution is 2.28. The number of hydrogen-bond acceptors (Lipinski definition) is 3. The van der Waals surface area contributed by atoms with Gasteiger partial charge in [-0.3, -0.25) is 0 Å². The van der Waals surface area contributed by atoms with Crippen molar-refractivity contribution in [3.63, 3.8) is 0 Å². The van der Waals surface area contributed by atoms with Crippen LogP contribution in [0.25, 0.3) is 0 Å². The quantitative estimate of drug-likeness (QED) is 0.705. The fourth-order valence-corrected chi connectivity index (χ4v) is 3.71. The molecule has 0 aliphatic carbocycles. The van der Waals surface area contributed by atoms with E-state index in [9.17, 15) is 4.21 Å². The second-order valence-electron chi connectivity index (χ2n) is 5.56. The van der Waals surface area contributed by atoms with Gasteiger partial charge in [0.2, 0.25) is 0 Å². The highest BCUT2D eigenvalue weighted by Gasteiger charge is 2.08. The first-order valence-electron chi connectivity index (χ1n) is 7.79. The van der Waals surface area contributed by atoms with Crippen LogP contribution in [0.1, 0.15) is 5.56 Å². The Labute approximate surface area is 143 Å². The Morgan fingerprint density at radius 1 is 0.833 bits per heavy atom. The summed E-state index contributed by atoms with van der Waals surface area (Å²) in [6, 6.07) is 27.3. The van der Waals surface area contributed by atoms with E-state index >= 15 is 0 Å². The molecule has 3 aromatic carbocycles. The van der Waals surface area contributed by atoms with Crippen LogP contribution in [-0.4, -0.2) is 10.5 Å². The Kier molecular flexibility index (Phi) is 4.96. The van der Waals surface area contributed by atoms with Crippen molar-refractivity contribution >= 4 is 21.1 Å². The van der Waals surface area contributed by atoms with Gasteiger partial charge in [-0.2, -0.15) is 4.36 Å². The fourth-order valence-electron chi connectivity index (χ4n) is 2.41. The molecule has 4 heteroatoms. The van der Waals surface area contributed by atoms with Gasteiger partial charge in [0, 0.05) is 17.7 Å². The van der Waals surface area contributed by atoms with Crippen LogP contribution >= 0.6 is 0 Å². The molecule has 0 aliphatic rings. The van der Waals surface area contributed by atoms with Crippen LogP contribution < -0.4 is 5.32 Å². The molecule has 0 saturated carbocycles. The topological polar surface area (TPSA) is 41.5 Å². The molecule has 3 nitrogen and oxygen atoms in total. The first-order chi connectivity index (χ1) is 11.6. The third-order valence-electron chi connectivity index (χ3n) is 3.68. The molecule has 0 saturated heterocycles. The van der Waals surface area contributed by atoms with Gasteiger partial charge in [-0.05, 0) is 29.8 Å². The van der Waals surface area contributed by atoms with Gasteiger partial charge < -0.3 is 5.32 Å². The van der Waals surface area contributed by atoms with Crippen molar-refractivity contribution in [2.45, 2.75) is 11.4 Å². The molecule has 3 aromatic rings. The number of anilines is 1. The van der Waals surface area contributed by atoms with Gasteiger partial charge in [0.25, 0.3) is 0 Å². The van der Waals surface area contributed by atoms with Crippen molar-refractivity contribution in [1.82, 2.24) is 0 Å². The summed E-state index contributed by atoms with van der Waals surface area (Å²) in [7, 11) is -2.48. The third-order valence-corrected chi connectivity index (χ3v) is 5.37. The molecule has 0 heterocycles. The summed E-state index contributed by atoms with van der Waals surface area (Å²) in [6.07, 6.45) is 1.68. The maximum atomic E-state index is 13.0. The molecule has 122 valence electrons. The normalized spacial score (nSPS) is 13.0. The van der Waals surface area contributed by atoms with Crippen molar-refractivity contribution in [2.24, 2.45) is 4.36 Å². The molecule has 1 atom stereocenters. The molecular formula is C20H20N2OS. The monoisotopic (exact) mass is 336 g/mol. The van der Waals surface area contributed by atoms with Crippen LogP contribution in [0.4, 0.5) is 11.4 Å². The van der Waals surface area contributed by atoms with E-state index < -0.39 is 9.73 Å². The van der Waals surface area contributed by atoms with E-state index in [4.69, 9.17) is 0 Å². The molecule has 0 spiro atoms. The van der Waals surface area contributed by atoms with Crippen LogP contribution in [0.3, 0.4) is 0 Å². The smallest absolute Gasteiger partial charge is 0.0964 e. The van der Waals surface area contributed by atoms with Gasteiger partial charge in [0.05, 0.1) is 21.1 Å². The Bertz CT molecular complexity index is 915. The lowest BCUT2D eigenvalue weighted by Crippen LogP contribution is -2.01. The second kappa shape index (κ2) is 7.32. The zero-order chi connectivity index (χ0) is 16.8. The number of benzene rings is 3. The lowest BCUT2D eigenvalue weighted by Gasteiger charge is -2.11. The predicted molar refractivity (Wildman–Crippen MR) is 101 cm³/mol. The van der Waals surface area contributed by atoms with E-state index in [-0.39, 0.29) is 0 Å². The molecule has 0 aromatic heterocycles. The minimum absolute atomic E-state index is 0.698. The first-order valence-corrected chi connectivity index (χ1v) is 9.71. The Hall–Kier alpha value is -2.59. The molecule has 0 bridgehead atoms. The average Bonchev–Trinajstić information content (AvgIpc) is 2.62. The Morgan fingerprint density at radius 3 is 2.12 bits per heavy atom. The fraction of sp³-hybridized carbons (Fsp3) is 0.100. The van der Waals surface area contributed by atoms with Crippen molar-refractivity contribution in [3.05, 3.63) is 90.5 Å². The van der Waals surface area contributed by atoms with Crippen molar-refractivity contribution in [3.8, 4) is 0 Å². The van der Waals surface area contributed by atoms with Crippen LogP contribution in [-0.2, 0) is 16.3 Å². The molecule has 0 amide bonds. The highest BCUT2D eigenvalue weighted by atomic mass is 32.2. The first kappa shape index (κ1) is 16.3. The summed E-state index contributed by atoms with van der Waals surface area (Å²) in [4.78, 5) is 0.739. The van der Waals surface area contributed by atoms with E-state index in [1.807, 2.05) is 72.8 Å². The van der Waals surface area contributed by atoms with Gasteiger partial charge in [-0.25, -0.2) is 4.21 Å². The molecule has 0 aliphatic heterocycles. The zero-order valence-corrected chi connectivity index (χ0v) is 14.4. The van der Waals surface area contributed by atoms with Crippen molar-refractivity contribution in [1.29, 1.82) is 0 Å². The lowest BCUT2D eigenvalue weighted by molar-refractivity contribution is 0.681. The molecule has 0 fully saturated rings. The maximum Gasteiger partial charge on any atom is 0.0964 e. The molecule has 1 N–H and O–H groups in total. The molecular weight excluding hydrogens is 316 g/mol. The highest BCUT2D eigenvalue weighted by molar-refractivity contribution is 7.93. The van der Waals surface area contributed by atoms with E-state index in [1.54, 1.807) is 6.26 Å². The average molecular weight is 336 g/mol. The van der Waals surface area contributed by atoms with E-state index in [0.717, 1.165) is 10.6 Å². The Balaban J connectivity index is 1.89. The van der Waals surface area contributed by atoms with E-state index in [1.165, 1.54) is 5.56 Å². The molecule has 24 heavy (non-hydrogen) atoms. The molecule has 1 unspecified atom stereocenters. The van der Waals surface area contributed by atoms with Crippen LogP contribution in [0, 0.1) is 0 Å². The number of para-hydroxylation sites is 1. The summed E-state index contributed by atoms with van der Waals surface area (Å²) in [5, 5.41) is 3.38. The maximum absolute atomic E-state index is 13.0. The standard InChI is InChI=1S/C20H20N2OS/c1-24(23,18-12-6-3-7-13-18)22-20-15-9-8-14-19(20)21-16-17-10-4-2-5-11-17/h2-15,21H,16H2,1H3. The molecule has 0 radical (unpaired) electrons. The second-order valence-corrected chi connectivity index (χ2v) is 7.82. The summed E-state index contributed by atoms with van der Waals surface area (Å²) >= 11 is 0. The number of nitrogens with zero attached hydrogens (tertiary/aromatic N) is 1. The predicted octanol–water partition coefficient (Wildman–Crippen LogP) is 5.09. The summed E-state index contributed by atoms with van der Waals surface area (Å²) in [5.74, 6) is 0. The van der Waals surface area contributed by atoms with Crippen LogP contribution in [0.5, 0.6) is 0 Å². The van der Waals surface area contributed by atoms with Gasteiger partial charge in [0.1, 0.15) is 0 Å². The van der Waals surface area contributed by atoms with E-state index in [2.05, 4.69) is 21.8 Å². The van der Waals surface area contributed by atoms with Crippen molar-refractivity contribution in [2.75, 3.05) is 11.6 Å². The van der Waals surface area contributed by atoms with Gasteiger partial charge in [-0.15, -0.1) is 0 Å². The van der Waals surface area contributed by atoms with E-state index in [0.29, 0.717) is 12.2 Å². The minimum atomic E-state index is -2.48. The molecule has 3 rings (SSSR count).